The van der Waals surface area contributed by atoms with Crippen LogP contribution in [0.5, 0.6) is 0 Å². The van der Waals surface area contributed by atoms with Gasteiger partial charge in [-0.05, 0) is 25.3 Å². The van der Waals surface area contributed by atoms with E-state index in [9.17, 15) is 9.59 Å². The highest BCUT2D eigenvalue weighted by Crippen LogP contribution is 2.15. The number of anilines is 2. The number of amides is 2. The molecule has 0 spiro atoms. The van der Waals surface area contributed by atoms with Crippen molar-refractivity contribution in [3.05, 3.63) is 17.8 Å². The van der Waals surface area contributed by atoms with Crippen molar-refractivity contribution in [1.29, 1.82) is 0 Å². The van der Waals surface area contributed by atoms with Crippen LogP contribution >= 0.6 is 0 Å². The molecule has 2 amide bonds. The molecule has 1 aliphatic rings. The Morgan fingerprint density at radius 2 is 2.00 bits per heavy atom. The van der Waals surface area contributed by atoms with Gasteiger partial charge in [-0.1, -0.05) is 0 Å². The summed E-state index contributed by atoms with van der Waals surface area (Å²) in [6.07, 6.45) is 4.67. The predicted octanol–water partition coefficient (Wildman–Crippen LogP) is 0.187. The number of nitrogens with two attached hydrogens (primary N) is 2. The standard InChI is InChI=1S/C13H19N5O2/c14-9-6-10(12(15)20)13(16-7-9)17-8-11(19)18-4-2-1-3-5-18/h6-7H,1-5,8,14H2,(H2,15,20)(H,16,17). The molecule has 20 heavy (non-hydrogen) atoms. The molecule has 0 saturated carbocycles. The average Bonchev–Trinajstić information content (AvgIpc) is 2.46. The molecule has 2 heterocycles. The van der Waals surface area contributed by atoms with Crippen molar-refractivity contribution >= 4 is 23.3 Å². The fraction of sp³-hybridized carbons (Fsp3) is 0.462. The summed E-state index contributed by atoms with van der Waals surface area (Å²) in [5.74, 6) is -0.339. The van der Waals surface area contributed by atoms with Gasteiger partial charge in [0.2, 0.25) is 5.91 Å². The Morgan fingerprint density at radius 3 is 2.65 bits per heavy atom. The number of likely N-dealkylation sites (tertiary alicyclic amines) is 1. The van der Waals surface area contributed by atoms with Gasteiger partial charge in [0.25, 0.3) is 5.91 Å². The maximum Gasteiger partial charge on any atom is 0.252 e. The van der Waals surface area contributed by atoms with E-state index in [4.69, 9.17) is 11.5 Å². The zero-order valence-electron chi connectivity index (χ0n) is 11.3. The van der Waals surface area contributed by atoms with Crippen molar-refractivity contribution < 1.29 is 9.59 Å². The smallest absolute Gasteiger partial charge is 0.252 e. The molecule has 0 radical (unpaired) electrons. The Kier molecular flexibility index (Phi) is 4.39. The first-order valence-corrected chi connectivity index (χ1v) is 6.65. The Hall–Kier alpha value is -2.31. The minimum absolute atomic E-state index is 0.00116. The fourth-order valence-corrected chi connectivity index (χ4v) is 2.22. The maximum atomic E-state index is 12.0. The monoisotopic (exact) mass is 277 g/mol. The predicted molar refractivity (Wildman–Crippen MR) is 76.1 cm³/mol. The summed E-state index contributed by atoms with van der Waals surface area (Å²) in [5, 5.41) is 2.86. The first-order valence-electron chi connectivity index (χ1n) is 6.65. The zero-order valence-corrected chi connectivity index (χ0v) is 11.3. The average molecular weight is 277 g/mol. The number of carbonyl (C=O) groups excluding carboxylic acids is 2. The summed E-state index contributed by atoms with van der Waals surface area (Å²) in [5.41, 5.74) is 11.4. The van der Waals surface area contributed by atoms with Crippen LogP contribution in [0.15, 0.2) is 12.3 Å². The van der Waals surface area contributed by atoms with Gasteiger partial charge in [-0.2, -0.15) is 0 Å². The van der Waals surface area contributed by atoms with Crippen LogP contribution in [-0.2, 0) is 4.79 Å². The summed E-state index contributed by atoms with van der Waals surface area (Å²) >= 11 is 0. The van der Waals surface area contributed by atoms with E-state index in [0.717, 1.165) is 25.9 Å². The van der Waals surface area contributed by atoms with Crippen LogP contribution in [0.4, 0.5) is 11.5 Å². The minimum atomic E-state index is -0.627. The van der Waals surface area contributed by atoms with Crippen molar-refractivity contribution in [2.45, 2.75) is 19.3 Å². The number of primary amides is 1. The number of rotatable bonds is 4. The maximum absolute atomic E-state index is 12.0. The van der Waals surface area contributed by atoms with E-state index in [1.807, 2.05) is 4.90 Å². The van der Waals surface area contributed by atoms with Gasteiger partial charge < -0.3 is 21.7 Å². The lowest BCUT2D eigenvalue weighted by Gasteiger charge is -2.26. The first kappa shape index (κ1) is 14.1. The van der Waals surface area contributed by atoms with Gasteiger partial charge in [0.1, 0.15) is 5.82 Å². The topological polar surface area (TPSA) is 114 Å². The molecular weight excluding hydrogens is 258 g/mol. The van der Waals surface area contributed by atoms with Crippen LogP contribution in [0.1, 0.15) is 29.6 Å². The number of pyridine rings is 1. The minimum Gasteiger partial charge on any atom is -0.397 e. The number of piperidine rings is 1. The highest BCUT2D eigenvalue weighted by atomic mass is 16.2. The molecule has 1 aromatic heterocycles. The van der Waals surface area contributed by atoms with E-state index in [1.54, 1.807) is 0 Å². The van der Waals surface area contributed by atoms with Crippen molar-refractivity contribution in [1.82, 2.24) is 9.88 Å². The normalized spacial score (nSPS) is 14.9. The van der Waals surface area contributed by atoms with E-state index < -0.39 is 5.91 Å². The third-order valence-corrected chi connectivity index (χ3v) is 3.29. The van der Waals surface area contributed by atoms with Crippen LogP contribution in [0.2, 0.25) is 0 Å². The second kappa shape index (κ2) is 6.23. The first-order chi connectivity index (χ1) is 9.58. The Labute approximate surface area is 117 Å². The molecule has 2 rings (SSSR count). The van der Waals surface area contributed by atoms with Gasteiger partial charge in [0, 0.05) is 13.1 Å². The number of nitrogen functional groups attached to an aromatic ring is 1. The molecule has 0 aromatic carbocycles. The molecule has 0 unspecified atom stereocenters. The fourth-order valence-electron chi connectivity index (χ4n) is 2.22. The largest absolute Gasteiger partial charge is 0.397 e. The molecule has 1 fully saturated rings. The molecule has 7 nitrogen and oxygen atoms in total. The quantitative estimate of drug-likeness (QED) is 0.726. The summed E-state index contributed by atoms with van der Waals surface area (Å²) < 4.78 is 0. The van der Waals surface area contributed by atoms with Crippen molar-refractivity contribution in [2.75, 3.05) is 30.7 Å². The van der Waals surface area contributed by atoms with Gasteiger partial charge >= 0.3 is 0 Å². The molecule has 1 aliphatic heterocycles. The van der Waals surface area contributed by atoms with Crippen LogP contribution in [-0.4, -0.2) is 41.3 Å². The van der Waals surface area contributed by atoms with E-state index in [1.165, 1.54) is 18.7 Å². The Morgan fingerprint density at radius 1 is 1.30 bits per heavy atom. The highest BCUT2D eigenvalue weighted by molar-refractivity contribution is 5.98. The second-order valence-electron chi connectivity index (χ2n) is 4.82. The number of hydrogen-bond acceptors (Lipinski definition) is 5. The Bertz CT molecular complexity index is 511. The van der Waals surface area contributed by atoms with Gasteiger partial charge in [0.15, 0.2) is 0 Å². The molecule has 108 valence electrons. The lowest BCUT2D eigenvalue weighted by atomic mass is 10.1. The molecular formula is C13H19N5O2. The number of carbonyl (C=O) groups is 2. The SMILES string of the molecule is NC(=O)c1cc(N)cnc1NCC(=O)N1CCCCC1. The number of nitrogens with zero attached hydrogens (tertiary/aromatic N) is 2. The highest BCUT2D eigenvalue weighted by Gasteiger charge is 2.17. The zero-order chi connectivity index (χ0) is 14.5. The second-order valence-corrected chi connectivity index (χ2v) is 4.82. The third-order valence-electron chi connectivity index (χ3n) is 3.29. The summed E-state index contributed by atoms with van der Waals surface area (Å²) in [7, 11) is 0. The van der Waals surface area contributed by atoms with E-state index >= 15 is 0 Å². The van der Waals surface area contributed by atoms with Gasteiger partial charge in [0.05, 0.1) is 24.0 Å². The molecule has 7 heteroatoms. The lowest BCUT2D eigenvalue weighted by Crippen LogP contribution is -2.39. The van der Waals surface area contributed by atoms with Crippen molar-refractivity contribution in [3.8, 4) is 0 Å². The summed E-state index contributed by atoms with van der Waals surface area (Å²) in [4.78, 5) is 29.2. The summed E-state index contributed by atoms with van der Waals surface area (Å²) in [6, 6.07) is 1.45. The number of aromatic nitrogens is 1. The van der Waals surface area contributed by atoms with Crippen molar-refractivity contribution in [3.63, 3.8) is 0 Å². The molecule has 1 aromatic rings. The lowest BCUT2D eigenvalue weighted by molar-refractivity contribution is -0.130. The van der Waals surface area contributed by atoms with Crippen molar-refractivity contribution in [2.24, 2.45) is 5.73 Å². The van der Waals surface area contributed by atoms with Crippen LogP contribution in [0.25, 0.3) is 0 Å². The number of hydrogen-bond donors (Lipinski definition) is 3. The third kappa shape index (κ3) is 3.37. The van der Waals surface area contributed by atoms with Crippen LogP contribution in [0, 0.1) is 0 Å². The molecule has 1 saturated heterocycles. The molecule has 0 aliphatic carbocycles. The van der Waals surface area contributed by atoms with E-state index in [0.29, 0.717) is 5.69 Å². The van der Waals surface area contributed by atoms with Gasteiger partial charge in [-0.3, -0.25) is 9.59 Å². The molecule has 0 atom stereocenters. The van der Waals surface area contributed by atoms with Gasteiger partial charge in [-0.25, -0.2) is 4.98 Å². The van der Waals surface area contributed by atoms with Crippen LogP contribution < -0.4 is 16.8 Å². The van der Waals surface area contributed by atoms with E-state index in [-0.39, 0.29) is 23.8 Å². The summed E-state index contributed by atoms with van der Waals surface area (Å²) in [6.45, 7) is 1.67. The Balaban J connectivity index is 1.99. The molecule has 0 bridgehead atoms. The number of nitrogens with one attached hydrogen (secondary N) is 1. The van der Waals surface area contributed by atoms with Crippen LogP contribution in [0.3, 0.4) is 0 Å². The van der Waals surface area contributed by atoms with Gasteiger partial charge in [-0.15, -0.1) is 0 Å². The van der Waals surface area contributed by atoms with E-state index in [2.05, 4.69) is 10.3 Å². The molecule has 5 N–H and O–H groups in total.